The van der Waals surface area contributed by atoms with Crippen molar-refractivity contribution in [3.8, 4) is 0 Å². The summed E-state index contributed by atoms with van der Waals surface area (Å²) in [6.45, 7) is 12.5. The van der Waals surface area contributed by atoms with E-state index in [1.54, 1.807) is 6.07 Å². The Labute approximate surface area is 111 Å². The van der Waals surface area contributed by atoms with E-state index < -0.39 is 9.84 Å². The summed E-state index contributed by atoms with van der Waals surface area (Å²) in [5.41, 5.74) is 1.91. The normalized spacial score (nSPS) is 13.7. The van der Waals surface area contributed by atoms with E-state index in [9.17, 15) is 8.42 Å². The molecule has 0 saturated carbocycles. The lowest BCUT2D eigenvalue weighted by Crippen LogP contribution is -2.19. The molecular formula is C15H24O2S. The van der Waals surface area contributed by atoms with Gasteiger partial charge in [0.2, 0.25) is 0 Å². The highest BCUT2D eigenvalue weighted by atomic mass is 32.2. The lowest BCUT2D eigenvalue weighted by molar-refractivity contribution is 0.551. The average Bonchev–Trinajstić information content (AvgIpc) is 2.12. The molecule has 2 nitrogen and oxygen atoms in total. The largest absolute Gasteiger partial charge is 0.224 e. The molecule has 0 bridgehead atoms. The fourth-order valence-corrected chi connectivity index (χ4v) is 2.99. The van der Waals surface area contributed by atoms with E-state index >= 15 is 0 Å². The first kappa shape index (κ1) is 15.2. The molecule has 0 fully saturated rings. The van der Waals surface area contributed by atoms with Gasteiger partial charge in [-0.2, -0.15) is 0 Å². The van der Waals surface area contributed by atoms with Crippen LogP contribution in [-0.2, 0) is 20.7 Å². The second-order valence-corrected chi connectivity index (χ2v) is 8.97. The third kappa shape index (κ3) is 3.35. The van der Waals surface area contributed by atoms with Gasteiger partial charge in [-0.1, -0.05) is 53.7 Å². The molecule has 0 heterocycles. The molecule has 0 amide bonds. The van der Waals surface area contributed by atoms with Crippen molar-refractivity contribution in [2.45, 2.75) is 57.3 Å². The fourth-order valence-electron chi connectivity index (χ4n) is 1.91. The second-order valence-electron chi connectivity index (χ2n) is 6.98. The van der Waals surface area contributed by atoms with Gasteiger partial charge in [-0.05, 0) is 28.0 Å². The van der Waals surface area contributed by atoms with Crippen LogP contribution in [0.4, 0.5) is 0 Å². The minimum atomic E-state index is -3.18. The molecule has 0 unspecified atom stereocenters. The van der Waals surface area contributed by atoms with Crippen LogP contribution < -0.4 is 0 Å². The number of hydrogen-bond donors (Lipinski definition) is 0. The van der Waals surface area contributed by atoms with Gasteiger partial charge in [0.25, 0.3) is 0 Å². The van der Waals surface area contributed by atoms with Crippen molar-refractivity contribution in [2.24, 2.45) is 0 Å². The van der Waals surface area contributed by atoms with Gasteiger partial charge in [-0.3, -0.25) is 0 Å². The fraction of sp³-hybridized carbons (Fsp3) is 0.600. The SMILES string of the molecule is CC(C)(C)c1ccc(S(C)(=O)=O)c(C(C)(C)C)c1. The van der Waals surface area contributed by atoms with Gasteiger partial charge < -0.3 is 0 Å². The monoisotopic (exact) mass is 268 g/mol. The molecule has 0 aromatic heterocycles. The summed E-state index contributed by atoms with van der Waals surface area (Å²) in [5.74, 6) is 0. The number of hydrogen-bond acceptors (Lipinski definition) is 2. The van der Waals surface area contributed by atoms with Gasteiger partial charge in [0, 0.05) is 6.26 Å². The lowest BCUT2D eigenvalue weighted by Gasteiger charge is -2.26. The van der Waals surface area contributed by atoms with Gasteiger partial charge >= 0.3 is 0 Å². The maximum Gasteiger partial charge on any atom is 0.175 e. The average molecular weight is 268 g/mol. The first-order valence-electron chi connectivity index (χ1n) is 6.18. The summed E-state index contributed by atoms with van der Waals surface area (Å²) in [6, 6.07) is 5.71. The molecule has 18 heavy (non-hydrogen) atoms. The van der Waals surface area contributed by atoms with E-state index in [4.69, 9.17) is 0 Å². The van der Waals surface area contributed by atoms with Gasteiger partial charge in [0.15, 0.2) is 9.84 Å². The number of sulfone groups is 1. The minimum Gasteiger partial charge on any atom is -0.224 e. The molecule has 0 aliphatic carbocycles. The standard InChI is InChI=1S/C15H24O2S/c1-14(2,3)11-8-9-13(18(7,16)17)12(10-11)15(4,5)6/h8-10H,1-7H3. The van der Waals surface area contributed by atoms with Gasteiger partial charge in [0.1, 0.15) is 0 Å². The topological polar surface area (TPSA) is 34.1 Å². The van der Waals surface area contributed by atoms with Crippen LogP contribution >= 0.6 is 0 Å². The zero-order chi connectivity index (χ0) is 14.4. The summed E-state index contributed by atoms with van der Waals surface area (Å²) in [5, 5.41) is 0. The third-order valence-electron chi connectivity index (χ3n) is 3.05. The van der Waals surface area contributed by atoms with Gasteiger partial charge in [-0.25, -0.2) is 8.42 Å². The Kier molecular flexibility index (Phi) is 3.70. The van der Waals surface area contributed by atoms with Crippen molar-refractivity contribution in [1.82, 2.24) is 0 Å². The van der Waals surface area contributed by atoms with Crippen LogP contribution in [-0.4, -0.2) is 14.7 Å². The van der Waals surface area contributed by atoms with Crippen LogP contribution in [0.3, 0.4) is 0 Å². The van der Waals surface area contributed by atoms with E-state index in [0.29, 0.717) is 4.90 Å². The Morgan fingerprint density at radius 2 is 1.39 bits per heavy atom. The number of benzene rings is 1. The predicted molar refractivity (Wildman–Crippen MR) is 77.0 cm³/mol. The molecule has 0 aliphatic rings. The Hall–Kier alpha value is -0.830. The minimum absolute atomic E-state index is 0.0238. The quantitative estimate of drug-likeness (QED) is 0.778. The Balaban J connectivity index is 3.61. The van der Waals surface area contributed by atoms with Gasteiger partial charge in [-0.15, -0.1) is 0 Å². The molecule has 1 aromatic carbocycles. The maximum absolute atomic E-state index is 11.9. The van der Waals surface area contributed by atoms with Crippen LogP contribution in [0.25, 0.3) is 0 Å². The van der Waals surface area contributed by atoms with E-state index in [2.05, 4.69) is 20.8 Å². The van der Waals surface area contributed by atoms with E-state index in [0.717, 1.165) is 5.56 Å². The highest BCUT2D eigenvalue weighted by Crippen LogP contribution is 2.33. The van der Waals surface area contributed by atoms with Gasteiger partial charge in [0.05, 0.1) is 4.90 Å². The molecule has 3 heteroatoms. The van der Waals surface area contributed by atoms with Crippen molar-refractivity contribution in [3.05, 3.63) is 29.3 Å². The summed E-state index contributed by atoms with van der Waals surface area (Å²) < 4.78 is 23.7. The summed E-state index contributed by atoms with van der Waals surface area (Å²) in [7, 11) is -3.18. The van der Waals surface area contributed by atoms with Crippen LogP contribution in [0.5, 0.6) is 0 Å². The third-order valence-corrected chi connectivity index (χ3v) is 4.21. The molecule has 0 spiro atoms. The van der Waals surface area contributed by atoms with Crippen molar-refractivity contribution in [3.63, 3.8) is 0 Å². The predicted octanol–water partition coefficient (Wildman–Crippen LogP) is 3.69. The Morgan fingerprint density at radius 3 is 1.72 bits per heavy atom. The molecule has 0 saturated heterocycles. The maximum atomic E-state index is 11.9. The molecule has 0 aliphatic heterocycles. The number of rotatable bonds is 1. The van der Waals surface area contributed by atoms with Crippen LogP contribution in [0.15, 0.2) is 23.1 Å². The Bertz CT molecular complexity index is 541. The first-order valence-corrected chi connectivity index (χ1v) is 8.08. The summed E-state index contributed by atoms with van der Waals surface area (Å²) in [6.07, 6.45) is 1.27. The van der Waals surface area contributed by atoms with Crippen LogP contribution in [0.1, 0.15) is 52.7 Å². The van der Waals surface area contributed by atoms with E-state index in [1.807, 2.05) is 32.9 Å². The van der Waals surface area contributed by atoms with Crippen LogP contribution in [0.2, 0.25) is 0 Å². The molecule has 1 aromatic rings. The molecule has 1 rings (SSSR count). The molecule has 0 N–H and O–H groups in total. The molecule has 0 atom stereocenters. The smallest absolute Gasteiger partial charge is 0.175 e. The van der Waals surface area contributed by atoms with Crippen molar-refractivity contribution < 1.29 is 8.42 Å². The van der Waals surface area contributed by atoms with Crippen LogP contribution in [0, 0.1) is 0 Å². The zero-order valence-corrected chi connectivity index (χ0v) is 13.3. The van der Waals surface area contributed by atoms with Crippen molar-refractivity contribution in [2.75, 3.05) is 6.26 Å². The van der Waals surface area contributed by atoms with Crippen molar-refractivity contribution in [1.29, 1.82) is 0 Å². The second kappa shape index (κ2) is 4.37. The van der Waals surface area contributed by atoms with E-state index in [1.165, 1.54) is 11.8 Å². The zero-order valence-electron chi connectivity index (χ0n) is 12.5. The lowest BCUT2D eigenvalue weighted by atomic mass is 9.81. The Morgan fingerprint density at radius 1 is 0.889 bits per heavy atom. The molecular weight excluding hydrogens is 244 g/mol. The molecule has 102 valence electrons. The highest BCUT2D eigenvalue weighted by molar-refractivity contribution is 7.90. The molecule has 0 radical (unpaired) electrons. The first-order chi connectivity index (χ1) is 7.83. The van der Waals surface area contributed by atoms with E-state index in [-0.39, 0.29) is 10.8 Å². The van der Waals surface area contributed by atoms with Crippen molar-refractivity contribution >= 4 is 9.84 Å². The summed E-state index contributed by atoms with van der Waals surface area (Å²) in [4.78, 5) is 0.447. The highest BCUT2D eigenvalue weighted by Gasteiger charge is 2.25. The summed E-state index contributed by atoms with van der Waals surface area (Å²) >= 11 is 0.